The van der Waals surface area contributed by atoms with Crippen molar-refractivity contribution in [2.24, 2.45) is 10.2 Å². The van der Waals surface area contributed by atoms with Gasteiger partial charge in [0, 0.05) is 17.6 Å². The van der Waals surface area contributed by atoms with Gasteiger partial charge in [0.05, 0.1) is 5.69 Å². The molecule has 0 saturated carbocycles. The maximum Gasteiger partial charge on any atom is 0.296 e. The molecule has 14 nitrogen and oxygen atoms in total. The third-order valence-corrected chi connectivity index (χ3v) is 8.16. The highest BCUT2D eigenvalue weighted by atomic mass is 35.5. The van der Waals surface area contributed by atoms with Crippen molar-refractivity contribution in [3.8, 4) is 5.75 Å². The number of para-hydroxylation sites is 1. The van der Waals surface area contributed by atoms with E-state index in [4.69, 9.17) is 11.6 Å². The average Bonchev–Trinajstić information content (AvgIpc) is 2.96. The summed E-state index contributed by atoms with van der Waals surface area (Å²) >= 11 is 6.23. The molecule has 5 rings (SSSR count). The van der Waals surface area contributed by atoms with Crippen LogP contribution in [0, 0.1) is 0 Å². The number of phenols is 1. The van der Waals surface area contributed by atoms with E-state index in [0.717, 1.165) is 17.8 Å². The fraction of sp³-hybridized carbons (Fsp3) is 0.0741. The van der Waals surface area contributed by atoms with Crippen molar-refractivity contribution < 1.29 is 31.0 Å². The number of phenolic OH excluding ortho intramolecular Hbond substituents is 1. The van der Waals surface area contributed by atoms with Crippen LogP contribution in [0.25, 0.3) is 10.8 Å². The maximum absolute atomic E-state index is 12.3. The summed E-state index contributed by atoms with van der Waals surface area (Å²) in [5.74, 6) is -0.511. The van der Waals surface area contributed by atoms with Crippen molar-refractivity contribution in [1.29, 1.82) is 0 Å². The van der Waals surface area contributed by atoms with E-state index in [0.29, 0.717) is 6.54 Å². The fourth-order valence-electron chi connectivity index (χ4n) is 4.34. The summed E-state index contributed by atoms with van der Waals surface area (Å²) in [6.45, 7) is 2.39. The number of aromatic nitrogens is 3. The molecule has 1 aromatic heterocycles. The number of fused-ring (bicyclic) bond motifs is 1. The molecule has 0 aliphatic heterocycles. The van der Waals surface area contributed by atoms with Gasteiger partial charge in [-0.25, -0.2) is 0 Å². The Morgan fingerprint density at radius 1 is 0.841 bits per heavy atom. The summed E-state index contributed by atoms with van der Waals surface area (Å²) in [4.78, 5) is 13.2. The SMILES string of the molecule is CCN(c1ccccc1)c1nc(Cl)nc(Nc2cccc3cc(S(=O)(=O)O)c(N=Nc4ccccc4S(=O)(=O)O)c(O)c23)n1. The largest absolute Gasteiger partial charge is 0.505 e. The van der Waals surface area contributed by atoms with Crippen LogP contribution in [0.4, 0.5) is 34.6 Å². The molecule has 0 bridgehead atoms. The predicted molar refractivity (Wildman–Crippen MR) is 163 cm³/mol. The zero-order valence-electron chi connectivity index (χ0n) is 22.6. The lowest BCUT2D eigenvalue weighted by Gasteiger charge is -2.21. The molecule has 0 spiro atoms. The number of azo groups is 1. The van der Waals surface area contributed by atoms with Crippen molar-refractivity contribution >= 4 is 77.3 Å². The van der Waals surface area contributed by atoms with Gasteiger partial charge in [0.1, 0.15) is 21.2 Å². The van der Waals surface area contributed by atoms with Gasteiger partial charge in [-0.3, -0.25) is 9.11 Å². The van der Waals surface area contributed by atoms with Crippen LogP contribution < -0.4 is 10.2 Å². The van der Waals surface area contributed by atoms with Gasteiger partial charge in [0.25, 0.3) is 20.2 Å². The van der Waals surface area contributed by atoms with Crippen LogP contribution in [-0.4, -0.2) is 52.5 Å². The lowest BCUT2D eigenvalue weighted by Crippen LogP contribution is -2.19. The fourth-order valence-corrected chi connectivity index (χ4v) is 5.78. The van der Waals surface area contributed by atoms with E-state index in [2.05, 4.69) is 30.5 Å². The van der Waals surface area contributed by atoms with Gasteiger partial charge in [-0.2, -0.15) is 31.8 Å². The lowest BCUT2D eigenvalue weighted by molar-refractivity contribution is 0.472. The van der Waals surface area contributed by atoms with Gasteiger partial charge < -0.3 is 15.3 Å². The Kier molecular flexibility index (Phi) is 8.44. The second-order valence-corrected chi connectivity index (χ2v) is 12.1. The zero-order valence-corrected chi connectivity index (χ0v) is 25.0. The van der Waals surface area contributed by atoms with E-state index in [-0.39, 0.29) is 39.3 Å². The summed E-state index contributed by atoms with van der Waals surface area (Å²) < 4.78 is 67.6. The smallest absolute Gasteiger partial charge is 0.296 e. The summed E-state index contributed by atoms with van der Waals surface area (Å²) in [5, 5.41) is 21.9. The van der Waals surface area contributed by atoms with Crippen LogP contribution in [0.5, 0.6) is 5.75 Å². The van der Waals surface area contributed by atoms with E-state index in [1.165, 1.54) is 30.3 Å². The number of anilines is 4. The highest BCUT2D eigenvalue weighted by molar-refractivity contribution is 7.86. The average molecular weight is 656 g/mol. The van der Waals surface area contributed by atoms with Gasteiger partial charge in [-0.05, 0) is 60.3 Å². The van der Waals surface area contributed by atoms with Gasteiger partial charge in [-0.1, -0.05) is 42.5 Å². The molecule has 1 heterocycles. The first-order valence-electron chi connectivity index (χ1n) is 12.6. The molecular formula is C27H22ClN7O7S2. The molecular weight excluding hydrogens is 634 g/mol. The van der Waals surface area contributed by atoms with Crippen LogP contribution in [0.1, 0.15) is 6.92 Å². The first-order chi connectivity index (χ1) is 20.9. The Balaban J connectivity index is 1.64. The number of nitrogens with zero attached hydrogens (tertiary/aromatic N) is 6. The van der Waals surface area contributed by atoms with Crippen LogP contribution in [0.15, 0.2) is 98.9 Å². The van der Waals surface area contributed by atoms with E-state index >= 15 is 0 Å². The van der Waals surface area contributed by atoms with Crippen molar-refractivity contribution in [1.82, 2.24) is 15.0 Å². The van der Waals surface area contributed by atoms with Crippen molar-refractivity contribution in [2.45, 2.75) is 16.7 Å². The van der Waals surface area contributed by atoms with Crippen molar-refractivity contribution in [3.63, 3.8) is 0 Å². The normalized spacial score (nSPS) is 12.1. The van der Waals surface area contributed by atoms with Gasteiger partial charge in [-0.15, -0.1) is 10.2 Å². The summed E-state index contributed by atoms with van der Waals surface area (Å²) in [6, 6.07) is 19.9. The van der Waals surface area contributed by atoms with Crippen LogP contribution in [0.2, 0.25) is 5.28 Å². The first-order valence-corrected chi connectivity index (χ1v) is 15.9. The minimum Gasteiger partial charge on any atom is -0.505 e. The molecule has 0 unspecified atom stereocenters. The molecule has 0 saturated heterocycles. The maximum atomic E-state index is 12.3. The molecule has 0 amide bonds. The molecule has 4 N–H and O–H groups in total. The third kappa shape index (κ3) is 6.43. The highest BCUT2D eigenvalue weighted by Gasteiger charge is 2.24. The molecule has 44 heavy (non-hydrogen) atoms. The Hall–Kier alpha value is -4.74. The van der Waals surface area contributed by atoms with Crippen LogP contribution >= 0.6 is 11.6 Å². The monoisotopic (exact) mass is 655 g/mol. The van der Waals surface area contributed by atoms with Gasteiger partial charge >= 0.3 is 0 Å². The Bertz CT molecular complexity index is 2130. The summed E-state index contributed by atoms with van der Waals surface area (Å²) in [5.41, 5.74) is -0.0644. The molecule has 0 radical (unpaired) electrons. The Morgan fingerprint density at radius 3 is 2.20 bits per heavy atom. The van der Waals surface area contributed by atoms with E-state index in [1.807, 2.05) is 37.3 Å². The Morgan fingerprint density at radius 2 is 1.52 bits per heavy atom. The third-order valence-electron chi connectivity index (χ3n) is 6.22. The number of halogens is 1. The second kappa shape index (κ2) is 12.1. The minimum absolute atomic E-state index is 0.00889. The van der Waals surface area contributed by atoms with Gasteiger partial charge in [0.2, 0.25) is 17.2 Å². The van der Waals surface area contributed by atoms with Crippen molar-refractivity contribution in [2.75, 3.05) is 16.8 Å². The Labute approximate surface area is 256 Å². The number of hydrogen-bond donors (Lipinski definition) is 4. The molecule has 0 fully saturated rings. The number of hydrogen-bond acceptors (Lipinski definition) is 12. The number of nitrogens with one attached hydrogen (secondary N) is 1. The second-order valence-electron chi connectivity index (χ2n) is 9.03. The quantitative estimate of drug-likeness (QED) is 0.103. The topological polar surface area (TPSA) is 208 Å². The predicted octanol–water partition coefficient (Wildman–Crippen LogP) is 6.19. The molecule has 4 aromatic carbocycles. The molecule has 5 aromatic rings. The lowest BCUT2D eigenvalue weighted by atomic mass is 10.1. The van der Waals surface area contributed by atoms with Crippen LogP contribution in [-0.2, 0) is 20.2 Å². The number of aromatic hydroxyl groups is 1. The summed E-state index contributed by atoms with van der Waals surface area (Å²) in [6.07, 6.45) is 0. The highest BCUT2D eigenvalue weighted by Crippen LogP contribution is 2.45. The van der Waals surface area contributed by atoms with E-state index in [9.17, 15) is 31.0 Å². The molecule has 17 heteroatoms. The molecule has 0 aliphatic rings. The summed E-state index contributed by atoms with van der Waals surface area (Å²) in [7, 11) is -9.69. The zero-order chi connectivity index (χ0) is 31.6. The van der Waals surface area contributed by atoms with Crippen molar-refractivity contribution in [3.05, 3.63) is 84.1 Å². The number of rotatable bonds is 9. The van der Waals surface area contributed by atoms with Crippen LogP contribution in [0.3, 0.4) is 0 Å². The molecule has 0 aliphatic carbocycles. The first kappa shape index (κ1) is 30.7. The molecule has 226 valence electrons. The standard InChI is InChI=1S/C27H22ClN7O7S2/c1-2-35(17-10-4-3-5-11-17)27-31-25(28)30-26(32-27)29-19-13-8-9-16-15-21(44(40,41)42)23(24(36)22(16)19)34-33-18-12-6-7-14-20(18)43(37,38)39/h3-15,36H,2H2,1H3,(H,37,38,39)(H,40,41,42)(H,29,30,31,32). The molecule has 0 atom stereocenters. The minimum atomic E-state index is -4.97. The van der Waals surface area contributed by atoms with E-state index < -0.39 is 41.5 Å². The number of benzene rings is 4. The van der Waals surface area contributed by atoms with E-state index in [1.54, 1.807) is 11.0 Å². The van der Waals surface area contributed by atoms with Gasteiger partial charge in [0.15, 0.2) is 5.75 Å².